The summed E-state index contributed by atoms with van der Waals surface area (Å²) in [6.07, 6.45) is 0.140. The van der Waals surface area contributed by atoms with E-state index in [0.29, 0.717) is 24.1 Å². The van der Waals surface area contributed by atoms with Gasteiger partial charge in [0.1, 0.15) is 17.9 Å². The van der Waals surface area contributed by atoms with Gasteiger partial charge in [0.15, 0.2) is 0 Å². The standard InChI is InChI=1S/C22H20N4O3/c27-21(12-14-26-22(28)18-9-3-4-10-19(18)24-25-26)23-13-15-29-20-11-5-7-16-6-1-2-8-17(16)20/h1-11H,12-15H2,(H,23,27). The van der Waals surface area contributed by atoms with Crippen LogP contribution in [0.15, 0.2) is 71.5 Å². The van der Waals surface area contributed by atoms with Crippen LogP contribution >= 0.6 is 0 Å². The summed E-state index contributed by atoms with van der Waals surface area (Å²) in [5.41, 5.74) is 0.298. The highest BCUT2D eigenvalue weighted by Gasteiger charge is 2.08. The Balaban J connectivity index is 1.27. The van der Waals surface area contributed by atoms with Crippen molar-refractivity contribution in [3.05, 3.63) is 77.1 Å². The Morgan fingerprint density at radius 3 is 2.62 bits per heavy atom. The Labute approximate surface area is 166 Å². The summed E-state index contributed by atoms with van der Waals surface area (Å²) >= 11 is 0. The van der Waals surface area contributed by atoms with E-state index in [-0.39, 0.29) is 24.4 Å². The molecule has 1 amide bonds. The average Bonchev–Trinajstić information content (AvgIpc) is 2.76. The van der Waals surface area contributed by atoms with Crippen LogP contribution < -0.4 is 15.6 Å². The van der Waals surface area contributed by atoms with E-state index in [9.17, 15) is 9.59 Å². The molecule has 4 rings (SSSR count). The zero-order valence-corrected chi connectivity index (χ0v) is 15.7. The van der Waals surface area contributed by atoms with Crippen molar-refractivity contribution in [2.45, 2.75) is 13.0 Å². The van der Waals surface area contributed by atoms with Crippen LogP contribution in [0, 0.1) is 0 Å². The minimum absolute atomic E-state index is 0.140. The van der Waals surface area contributed by atoms with Gasteiger partial charge in [-0.15, -0.1) is 5.10 Å². The molecule has 4 aromatic rings. The minimum atomic E-state index is -0.248. The van der Waals surface area contributed by atoms with Crippen molar-refractivity contribution in [2.24, 2.45) is 0 Å². The summed E-state index contributed by atoms with van der Waals surface area (Å²) in [4.78, 5) is 24.5. The van der Waals surface area contributed by atoms with Crippen molar-refractivity contribution in [1.82, 2.24) is 20.3 Å². The molecule has 0 aliphatic heterocycles. The third-order valence-corrected chi connectivity index (χ3v) is 4.61. The molecular weight excluding hydrogens is 368 g/mol. The number of nitrogens with zero attached hydrogens (tertiary/aromatic N) is 3. The lowest BCUT2D eigenvalue weighted by molar-refractivity contribution is -0.121. The molecule has 0 spiro atoms. The summed E-state index contributed by atoms with van der Waals surface area (Å²) in [5, 5.41) is 13.3. The van der Waals surface area contributed by atoms with Crippen molar-refractivity contribution in [2.75, 3.05) is 13.2 Å². The number of hydrogen-bond donors (Lipinski definition) is 1. The van der Waals surface area contributed by atoms with E-state index in [1.165, 1.54) is 4.68 Å². The fourth-order valence-electron chi connectivity index (χ4n) is 3.14. The van der Waals surface area contributed by atoms with E-state index in [1.54, 1.807) is 24.3 Å². The zero-order valence-electron chi connectivity index (χ0n) is 15.7. The van der Waals surface area contributed by atoms with Crippen molar-refractivity contribution in [3.8, 4) is 5.75 Å². The zero-order chi connectivity index (χ0) is 20.1. The van der Waals surface area contributed by atoms with Gasteiger partial charge in [0, 0.05) is 11.8 Å². The molecule has 7 nitrogen and oxygen atoms in total. The fraction of sp³-hybridized carbons (Fsp3) is 0.182. The molecule has 0 saturated heterocycles. The molecular formula is C22H20N4O3. The maximum atomic E-state index is 12.4. The van der Waals surface area contributed by atoms with Crippen LogP contribution in [0.2, 0.25) is 0 Å². The SMILES string of the molecule is O=C(CCn1nnc2ccccc2c1=O)NCCOc1cccc2ccccc12. The van der Waals surface area contributed by atoms with Gasteiger partial charge < -0.3 is 10.1 Å². The fourth-order valence-corrected chi connectivity index (χ4v) is 3.14. The van der Waals surface area contributed by atoms with Crippen LogP contribution in [0.4, 0.5) is 0 Å². The number of amides is 1. The highest BCUT2D eigenvalue weighted by atomic mass is 16.5. The predicted octanol–water partition coefficient (Wildman–Crippen LogP) is 2.53. The van der Waals surface area contributed by atoms with Gasteiger partial charge in [-0.05, 0) is 23.6 Å². The molecule has 0 unspecified atom stereocenters. The van der Waals surface area contributed by atoms with Crippen molar-refractivity contribution in [1.29, 1.82) is 0 Å². The monoisotopic (exact) mass is 388 g/mol. The van der Waals surface area contributed by atoms with E-state index in [1.807, 2.05) is 42.5 Å². The molecule has 0 aliphatic rings. The Morgan fingerprint density at radius 2 is 1.72 bits per heavy atom. The number of carbonyl (C=O) groups is 1. The maximum Gasteiger partial charge on any atom is 0.277 e. The number of carbonyl (C=O) groups excluding carboxylic acids is 1. The van der Waals surface area contributed by atoms with E-state index in [4.69, 9.17) is 4.74 Å². The highest BCUT2D eigenvalue weighted by Crippen LogP contribution is 2.24. The van der Waals surface area contributed by atoms with Crippen molar-refractivity contribution >= 4 is 27.6 Å². The lowest BCUT2D eigenvalue weighted by Crippen LogP contribution is -2.31. The molecule has 29 heavy (non-hydrogen) atoms. The van der Waals surface area contributed by atoms with Crippen LogP contribution in [0.1, 0.15) is 6.42 Å². The minimum Gasteiger partial charge on any atom is -0.491 e. The number of aromatic nitrogens is 3. The summed E-state index contributed by atoms with van der Waals surface area (Å²) in [5.74, 6) is 0.615. The Morgan fingerprint density at radius 1 is 0.966 bits per heavy atom. The molecule has 0 radical (unpaired) electrons. The van der Waals surface area contributed by atoms with Gasteiger partial charge >= 0.3 is 0 Å². The van der Waals surface area contributed by atoms with E-state index >= 15 is 0 Å². The Kier molecular flexibility index (Phi) is 5.47. The molecule has 0 fully saturated rings. The normalized spacial score (nSPS) is 10.9. The Bertz CT molecular complexity index is 1210. The number of hydrogen-bond acceptors (Lipinski definition) is 5. The third-order valence-electron chi connectivity index (χ3n) is 4.61. The number of ether oxygens (including phenoxy) is 1. The number of rotatable bonds is 7. The van der Waals surface area contributed by atoms with Gasteiger partial charge in [0.05, 0.1) is 18.5 Å². The molecule has 1 heterocycles. The summed E-state index contributed by atoms with van der Waals surface area (Å²) in [6, 6.07) is 20.9. The topological polar surface area (TPSA) is 86.1 Å². The first-order chi connectivity index (χ1) is 14.2. The highest BCUT2D eigenvalue weighted by molar-refractivity contribution is 5.88. The summed E-state index contributed by atoms with van der Waals surface area (Å²) in [6.45, 7) is 0.905. The molecule has 0 bridgehead atoms. The summed E-state index contributed by atoms with van der Waals surface area (Å²) < 4.78 is 7.02. The van der Waals surface area contributed by atoms with Crippen LogP contribution in [0.5, 0.6) is 5.75 Å². The quantitative estimate of drug-likeness (QED) is 0.492. The van der Waals surface area contributed by atoms with E-state index in [0.717, 1.165) is 16.5 Å². The van der Waals surface area contributed by atoms with Crippen LogP contribution in [0.3, 0.4) is 0 Å². The van der Waals surface area contributed by atoms with Gasteiger partial charge in [-0.1, -0.05) is 53.7 Å². The van der Waals surface area contributed by atoms with Gasteiger partial charge in [0.2, 0.25) is 5.91 Å². The van der Waals surface area contributed by atoms with Gasteiger partial charge in [0.25, 0.3) is 5.56 Å². The smallest absolute Gasteiger partial charge is 0.277 e. The molecule has 0 atom stereocenters. The van der Waals surface area contributed by atoms with Crippen LogP contribution in [-0.2, 0) is 11.3 Å². The molecule has 7 heteroatoms. The summed E-state index contributed by atoms with van der Waals surface area (Å²) in [7, 11) is 0. The van der Waals surface area contributed by atoms with Gasteiger partial charge in [-0.25, -0.2) is 4.68 Å². The van der Waals surface area contributed by atoms with Crippen molar-refractivity contribution < 1.29 is 9.53 Å². The largest absolute Gasteiger partial charge is 0.491 e. The number of aryl methyl sites for hydroxylation is 1. The second-order valence-corrected chi connectivity index (χ2v) is 6.56. The lowest BCUT2D eigenvalue weighted by atomic mass is 10.1. The van der Waals surface area contributed by atoms with Crippen LogP contribution in [-0.4, -0.2) is 34.1 Å². The average molecular weight is 388 g/mol. The van der Waals surface area contributed by atoms with Crippen LogP contribution in [0.25, 0.3) is 21.7 Å². The number of nitrogens with one attached hydrogen (secondary N) is 1. The first-order valence-corrected chi connectivity index (χ1v) is 9.42. The van der Waals surface area contributed by atoms with E-state index < -0.39 is 0 Å². The lowest BCUT2D eigenvalue weighted by Gasteiger charge is -2.10. The molecule has 0 saturated carbocycles. The Hall–Kier alpha value is -3.74. The molecule has 0 aliphatic carbocycles. The molecule has 1 aromatic heterocycles. The second-order valence-electron chi connectivity index (χ2n) is 6.56. The van der Waals surface area contributed by atoms with E-state index in [2.05, 4.69) is 15.6 Å². The van der Waals surface area contributed by atoms with Gasteiger partial charge in [-0.2, -0.15) is 0 Å². The number of fused-ring (bicyclic) bond motifs is 2. The molecule has 3 aromatic carbocycles. The molecule has 1 N–H and O–H groups in total. The van der Waals surface area contributed by atoms with Gasteiger partial charge in [-0.3, -0.25) is 9.59 Å². The predicted molar refractivity (Wildman–Crippen MR) is 111 cm³/mol. The first kappa shape index (κ1) is 18.6. The molecule has 146 valence electrons. The van der Waals surface area contributed by atoms with Crippen molar-refractivity contribution in [3.63, 3.8) is 0 Å². The maximum absolute atomic E-state index is 12.4. The second kappa shape index (κ2) is 8.52. The first-order valence-electron chi connectivity index (χ1n) is 9.42. The third kappa shape index (κ3) is 4.24. The number of benzene rings is 3.